The van der Waals surface area contributed by atoms with Crippen LogP contribution in [-0.4, -0.2) is 117 Å². The van der Waals surface area contributed by atoms with E-state index in [1.807, 2.05) is 45.8 Å². The van der Waals surface area contributed by atoms with Crippen molar-refractivity contribution < 1.29 is 33.1 Å². The number of benzene rings is 2. The van der Waals surface area contributed by atoms with Gasteiger partial charge in [-0.3, -0.25) is 34.2 Å². The second-order valence-electron chi connectivity index (χ2n) is 15.3. The molecule has 4 aliphatic rings. The van der Waals surface area contributed by atoms with E-state index in [0.29, 0.717) is 50.7 Å². The highest BCUT2D eigenvalue weighted by molar-refractivity contribution is 6.23. The molecule has 0 spiro atoms. The number of carbonyl (C=O) groups excluding carboxylic acids is 5. The van der Waals surface area contributed by atoms with Gasteiger partial charge in [-0.2, -0.15) is 0 Å². The van der Waals surface area contributed by atoms with Crippen molar-refractivity contribution in [3.63, 3.8) is 0 Å². The fourth-order valence-corrected chi connectivity index (χ4v) is 8.49. The van der Waals surface area contributed by atoms with Gasteiger partial charge in [-0.05, 0) is 79.4 Å². The minimum Gasteiger partial charge on any atom is -0.383 e. The van der Waals surface area contributed by atoms with Gasteiger partial charge in [-0.25, -0.2) is 18.9 Å². The van der Waals surface area contributed by atoms with Crippen LogP contribution in [0, 0.1) is 5.82 Å². The number of nitrogens with zero attached hydrogens (tertiary/aromatic N) is 8. The molecule has 0 bridgehead atoms. The van der Waals surface area contributed by atoms with E-state index in [9.17, 15) is 28.4 Å². The van der Waals surface area contributed by atoms with Gasteiger partial charge in [0.25, 0.3) is 11.8 Å². The van der Waals surface area contributed by atoms with Crippen LogP contribution >= 0.6 is 0 Å². The third-order valence-corrected chi connectivity index (χ3v) is 11.6. The maximum Gasteiger partial charge on any atom is 0.262 e. The summed E-state index contributed by atoms with van der Waals surface area (Å²) in [6.07, 6.45) is 4.07. The Hall–Kier alpha value is -6.75. The first kappa shape index (κ1) is 38.8. The number of fused-ring (bicyclic) bond motifs is 2. The van der Waals surface area contributed by atoms with Gasteiger partial charge in [0, 0.05) is 51.4 Å². The standard InChI is InChI=1S/C43H43FN10O6/c44-28-5-1-4-27(24-28)33-7-3-17-52(33)38-13-12-36-46-26-35(54(36)49-38)32-6-2-8-37(47-32)50-18-20-51(21-19-50)40(56)15-22-60-23-16-45-29-9-10-30-31(25-29)43(59)53(42(30)58)34-11-14-39(55)48-41(34)57/h1-2,4-6,8-10,12-13,24-26,33-34,45H,3,7,11,14-23H2,(H,48,55,57)/t33-,34?/m0/s1. The van der Waals surface area contributed by atoms with Crippen LogP contribution in [0.2, 0.25) is 0 Å². The average molecular weight is 815 g/mol. The summed E-state index contributed by atoms with van der Waals surface area (Å²) in [7, 11) is 0. The number of carbonyl (C=O) groups is 5. The summed E-state index contributed by atoms with van der Waals surface area (Å²) >= 11 is 0. The van der Waals surface area contributed by atoms with Gasteiger partial charge < -0.3 is 24.8 Å². The van der Waals surface area contributed by atoms with Gasteiger partial charge in [-0.15, -0.1) is 5.10 Å². The molecule has 7 heterocycles. The van der Waals surface area contributed by atoms with Crippen LogP contribution in [0.1, 0.15) is 64.4 Å². The van der Waals surface area contributed by atoms with Gasteiger partial charge >= 0.3 is 0 Å². The van der Waals surface area contributed by atoms with Crippen LogP contribution in [0.5, 0.6) is 0 Å². The van der Waals surface area contributed by atoms with Gasteiger partial charge in [0.1, 0.15) is 29.2 Å². The number of halogens is 1. The largest absolute Gasteiger partial charge is 0.383 e. The van der Waals surface area contributed by atoms with E-state index in [-0.39, 0.29) is 54.8 Å². The molecular weight excluding hydrogens is 772 g/mol. The van der Waals surface area contributed by atoms with Crippen molar-refractivity contribution in [1.29, 1.82) is 0 Å². The summed E-state index contributed by atoms with van der Waals surface area (Å²) in [5.41, 5.74) is 4.14. The molecule has 9 rings (SSSR count). The number of amides is 5. The van der Waals surface area contributed by atoms with E-state index in [1.54, 1.807) is 36.5 Å². The van der Waals surface area contributed by atoms with Crippen molar-refractivity contribution in [2.45, 2.75) is 44.2 Å². The molecule has 4 aliphatic heterocycles. The number of piperazine rings is 1. The van der Waals surface area contributed by atoms with Gasteiger partial charge in [0.15, 0.2) is 5.65 Å². The molecule has 0 radical (unpaired) electrons. The van der Waals surface area contributed by atoms with E-state index >= 15 is 0 Å². The molecule has 2 atom stereocenters. The number of ether oxygens (including phenoxy) is 1. The van der Waals surface area contributed by atoms with Gasteiger partial charge in [0.2, 0.25) is 17.7 Å². The predicted molar refractivity (Wildman–Crippen MR) is 218 cm³/mol. The van der Waals surface area contributed by atoms with Crippen molar-refractivity contribution in [3.8, 4) is 11.4 Å². The summed E-state index contributed by atoms with van der Waals surface area (Å²) in [6, 6.07) is 20.4. The summed E-state index contributed by atoms with van der Waals surface area (Å²) in [5.74, 6) is -0.833. The van der Waals surface area contributed by atoms with Crippen molar-refractivity contribution in [2.24, 2.45) is 0 Å². The second kappa shape index (κ2) is 16.5. The van der Waals surface area contributed by atoms with E-state index in [2.05, 4.69) is 25.4 Å². The zero-order chi connectivity index (χ0) is 41.3. The number of imide groups is 2. The Balaban J connectivity index is 0.739. The molecule has 5 amide bonds. The lowest BCUT2D eigenvalue weighted by molar-refractivity contribution is -0.136. The first-order valence-corrected chi connectivity index (χ1v) is 20.3. The smallest absolute Gasteiger partial charge is 0.262 e. The summed E-state index contributed by atoms with van der Waals surface area (Å²) < 4.78 is 21.6. The Kier molecular flexibility index (Phi) is 10.6. The minimum atomic E-state index is -1.02. The SMILES string of the molecule is O=C1CCC(N2C(=O)c3ccc(NCCOCCC(=O)N4CCN(c5cccc(-c6cnc7ccc(N8CCC[C@H]8c8cccc(F)c8)nn67)n5)CC4)cc3C2=O)C(=O)N1. The Labute approximate surface area is 344 Å². The number of imidazole rings is 1. The highest BCUT2D eigenvalue weighted by Gasteiger charge is 2.44. The fourth-order valence-electron chi connectivity index (χ4n) is 8.49. The lowest BCUT2D eigenvalue weighted by Gasteiger charge is -2.35. The Bertz CT molecular complexity index is 2500. The molecule has 2 aromatic carbocycles. The number of hydrogen-bond donors (Lipinski definition) is 2. The van der Waals surface area contributed by atoms with Crippen LogP contribution < -0.4 is 20.4 Å². The third-order valence-electron chi connectivity index (χ3n) is 11.6. The minimum absolute atomic E-state index is 0.0111. The Morgan fingerprint density at radius 2 is 1.68 bits per heavy atom. The number of aromatic nitrogens is 4. The van der Waals surface area contributed by atoms with E-state index in [4.69, 9.17) is 14.8 Å². The molecule has 17 heteroatoms. The number of anilines is 3. The summed E-state index contributed by atoms with van der Waals surface area (Å²) in [4.78, 5) is 79.8. The lowest BCUT2D eigenvalue weighted by Crippen LogP contribution is -2.54. The summed E-state index contributed by atoms with van der Waals surface area (Å²) in [6.45, 7) is 4.14. The Morgan fingerprint density at radius 1 is 0.850 bits per heavy atom. The van der Waals surface area contributed by atoms with E-state index < -0.39 is 29.7 Å². The van der Waals surface area contributed by atoms with Gasteiger partial charge in [-0.1, -0.05) is 18.2 Å². The maximum absolute atomic E-state index is 14.1. The van der Waals surface area contributed by atoms with E-state index in [0.717, 1.165) is 52.9 Å². The second-order valence-corrected chi connectivity index (χ2v) is 15.3. The molecule has 0 saturated carbocycles. The van der Waals surface area contributed by atoms with Crippen molar-refractivity contribution in [2.75, 3.05) is 67.6 Å². The number of pyridine rings is 1. The maximum atomic E-state index is 14.1. The zero-order valence-corrected chi connectivity index (χ0v) is 32.8. The summed E-state index contributed by atoms with van der Waals surface area (Å²) in [5, 5.41) is 10.4. The zero-order valence-electron chi connectivity index (χ0n) is 32.8. The molecule has 5 aromatic rings. The Morgan fingerprint density at radius 3 is 2.52 bits per heavy atom. The van der Waals surface area contributed by atoms with Crippen LogP contribution in [-0.2, 0) is 19.1 Å². The first-order chi connectivity index (χ1) is 29.2. The van der Waals surface area contributed by atoms with Crippen LogP contribution in [0.4, 0.5) is 21.7 Å². The monoisotopic (exact) mass is 814 g/mol. The van der Waals surface area contributed by atoms with Crippen molar-refractivity contribution in [3.05, 3.63) is 102 Å². The molecule has 3 aromatic heterocycles. The number of hydrogen-bond acceptors (Lipinski definition) is 12. The lowest BCUT2D eigenvalue weighted by atomic mass is 10.0. The predicted octanol–water partition coefficient (Wildman–Crippen LogP) is 3.84. The average Bonchev–Trinajstić information content (AvgIpc) is 3.99. The quantitative estimate of drug-likeness (QED) is 0.138. The number of piperidine rings is 1. The molecule has 16 nitrogen and oxygen atoms in total. The van der Waals surface area contributed by atoms with Crippen molar-refractivity contribution in [1.82, 2.24) is 34.7 Å². The normalized spacial score (nSPS) is 19.4. The number of rotatable bonds is 12. The molecule has 2 N–H and O–H groups in total. The van der Waals surface area contributed by atoms with Crippen LogP contribution in [0.3, 0.4) is 0 Å². The highest BCUT2D eigenvalue weighted by Crippen LogP contribution is 2.36. The number of nitrogens with one attached hydrogen (secondary N) is 2. The third kappa shape index (κ3) is 7.63. The van der Waals surface area contributed by atoms with E-state index in [1.165, 1.54) is 6.07 Å². The van der Waals surface area contributed by atoms with Crippen molar-refractivity contribution >= 4 is 52.5 Å². The molecule has 3 fully saturated rings. The first-order valence-electron chi connectivity index (χ1n) is 20.3. The topological polar surface area (TPSA) is 175 Å². The highest BCUT2D eigenvalue weighted by atomic mass is 19.1. The van der Waals surface area contributed by atoms with Crippen LogP contribution in [0.15, 0.2) is 79.0 Å². The van der Waals surface area contributed by atoms with Crippen LogP contribution in [0.25, 0.3) is 17.0 Å². The van der Waals surface area contributed by atoms with Gasteiger partial charge in [0.05, 0.1) is 48.7 Å². The molecule has 0 aliphatic carbocycles. The molecule has 1 unspecified atom stereocenters. The molecule has 60 heavy (non-hydrogen) atoms. The molecular formula is C43H43FN10O6. The molecule has 308 valence electrons. The molecule has 3 saturated heterocycles. The fraction of sp³-hybridized carbons (Fsp3) is 0.349.